The second-order valence-corrected chi connectivity index (χ2v) is 3.12. The molecule has 0 bridgehead atoms. The van der Waals surface area contributed by atoms with Gasteiger partial charge < -0.3 is 5.11 Å². The molecule has 2 aromatic rings. The molecule has 6 heteroatoms. The van der Waals surface area contributed by atoms with Gasteiger partial charge >= 0.3 is 5.97 Å². The van der Waals surface area contributed by atoms with E-state index in [9.17, 15) is 4.79 Å². The third-order valence-corrected chi connectivity index (χ3v) is 2.29. The fourth-order valence-electron chi connectivity index (χ4n) is 1.00. The van der Waals surface area contributed by atoms with Crippen molar-refractivity contribution in [2.24, 2.45) is 0 Å². The van der Waals surface area contributed by atoms with Crippen LogP contribution < -0.4 is 0 Å². The number of hydrogen-bond acceptors (Lipinski definition) is 3. The molecule has 0 saturated carbocycles. The van der Waals surface area contributed by atoms with Gasteiger partial charge in [0.1, 0.15) is 4.60 Å². The molecule has 66 valence electrons. The Morgan fingerprint density at radius 2 is 2.38 bits per heavy atom. The Balaban J connectivity index is 2.80. The highest BCUT2D eigenvalue weighted by atomic mass is 79.9. The molecule has 0 aliphatic heterocycles. The van der Waals surface area contributed by atoms with Crippen LogP contribution in [0.3, 0.4) is 0 Å². The van der Waals surface area contributed by atoms with Gasteiger partial charge in [-0.25, -0.2) is 14.3 Å². The Hall–Kier alpha value is -1.43. The highest BCUT2D eigenvalue weighted by Crippen LogP contribution is 2.15. The molecule has 0 amide bonds. The molecule has 2 aromatic heterocycles. The summed E-state index contributed by atoms with van der Waals surface area (Å²) in [5.41, 5.74) is 0.702. The molecule has 0 unspecified atom stereocenters. The fraction of sp³-hybridized carbons (Fsp3) is 0. The number of aromatic carboxylic acids is 1. The van der Waals surface area contributed by atoms with E-state index >= 15 is 0 Å². The Bertz CT molecular complexity index is 480. The molecule has 1 N–H and O–H groups in total. The second-order valence-electron chi connectivity index (χ2n) is 2.37. The molecule has 13 heavy (non-hydrogen) atoms. The van der Waals surface area contributed by atoms with E-state index in [1.54, 1.807) is 12.3 Å². The van der Waals surface area contributed by atoms with E-state index in [4.69, 9.17) is 5.11 Å². The summed E-state index contributed by atoms with van der Waals surface area (Å²) in [6.07, 6.45) is 3.04. The largest absolute Gasteiger partial charge is 0.476 e. The summed E-state index contributed by atoms with van der Waals surface area (Å²) < 4.78 is 1.82. The standard InChI is InChI=1S/C7H4BrN3O2/c8-6-5(7(12)13)9-3-4-1-2-10-11(4)6/h1-3H,(H,12,13). The van der Waals surface area contributed by atoms with Gasteiger partial charge in [-0.05, 0) is 22.0 Å². The van der Waals surface area contributed by atoms with Crippen LogP contribution in [0.5, 0.6) is 0 Å². The van der Waals surface area contributed by atoms with Crippen LogP contribution in [-0.2, 0) is 0 Å². The van der Waals surface area contributed by atoms with Crippen LogP contribution in [0.4, 0.5) is 0 Å². The van der Waals surface area contributed by atoms with Crippen LogP contribution in [0, 0.1) is 0 Å². The van der Waals surface area contributed by atoms with Crippen molar-refractivity contribution < 1.29 is 9.90 Å². The van der Waals surface area contributed by atoms with E-state index in [1.807, 2.05) is 0 Å². The normalized spacial score (nSPS) is 10.5. The van der Waals surface area contributed by atoms with Crippen LogP contribution in [0.2, 0.25) is 0 Å². The van der Waals surface area contributed by atoms with E-state index in [0.717, 1.165) is 5.52 Å². The lowest BCUT2D eigenvalue weighted by Crippen LogP contribution is -2.05. The number of fused-ring (bicyclic) bond motifs is 1. The first-order valence-corrected chi connectivity index (χ1v) is 4.21. The van der Waals surface area contributed by atoms with Gasteiger partial charge in [-0.1, -0.05) is 0 Å². The Morgan fingerprint density at radius 3 is 3.08 bits per heavy atom. The van der Waals surface area contributed by atoms with E-state index in [1.165, 1.54) is 10.7 Å². The first kappa shape index (κ1) is 8.18. The SMILES string of the molecule is O=C(O)c1ncc2ccnn2c1Br. The number of halogens is 1. The Morgan fingerprint density at radius 1 is 1.62 bits per heavy atom. The summed E-state index contributed by atoms with van der Waals surface area (Å²) in [4.78, 5) is 14.4. The molecule has 0 radical (unpaired) electrons. The topological polar surface area (TPSA) is 67.5 Å². The molecule has 0 spiro atoms. The minimum Gasteiger partial charge on any atom is -0.476 e. The van der Waals surface area contributed by atoms with E-state index in [2.05, 4.69) is 26.0 Å². The predicted octanol–water partition coefficient (Wildman–Crippen LogP) is 1.19. The molecule has 5 nitrogen and oxygen atoms in total. The molecular weight excluding hydrogens is 238 g/mol. The summed E-state index contributed by atoms with van der Waals surface area (Å²) in [6.45, 7) is 0. The zero-order chi connectivity index (χ0) is 9.42. The zero-order valence-electron chi connectivity index (χ0n) is 6.31. The first-order chi connectivity index (χ1) is 6.20. The molecule has 0 aromatic carbocycles. The van der Waals surface area contributed by atoms with E-state index < -0.39 is 5.97 Å². The summed E-state index contributed by atoms with van der Waals surface area (Å²) >= 11 is 3.12. The maximum absolute atomic E-state index is 10.7. The van der Waals surface area contributed by atoms with Crippen molar-refractivity contribution in [3.05, 3.63) is 28.8 Å². The number of carboxylic acids is 1. The zero-order valence-corrected chi connectivity index (χ0v) is 7.89. The van der Waals surface area contributed by atoms with Crippen molar-refractivity contribution in [3.63, 3.8) is 0 Å². The lowest BCUT2D eigenvalue weighted by molar-refractivity contribution is 0.0688. The Labute approximate surface area is 81.1 Å². The van der Waals surface area contributed by atoms with Gasteiger partial charge in [0, 0.05) is 0 Å². The monoisotopic (exact) mass is 241 g/mol. The minimum atomic E-state index is -1.08. The van der Waals surface area contributed by atoms with Crippen molar-refractivity contribution >= 4 is 27.4 Å². The third kappa shape index (κ3) is 1.19. The summed E-state index contributed by atoms with van der Waals surface area (Å²) in [5.74, 6) is -1.08. The molecule has 2 rings (SSSR count). The molecule has 2 heterocycles. The molecule has 0 fully saturated rings. The molecule has 0 aliphatic carbocycles. The predicted molar refractivity (Wildman–Crippen MR) is 47.6 cm³/mol. The summed E-state index contributed by atoms with van der Waals surface area (Å²) in [6, 6.07) is 1.74. The van der Waals surface area contributed by atoms with Gasteiger partial charge in [0.15, 0.2) is 5.69 Å². The van der Waals surface area contributed by atoms with Gasteiger partial charge in [-0.3, -0.25) is 0 Å². The highest BCUT2D eigenvalue weighted by molar-refractivity contribution is 9.10. The van der Waals surface area contributed by atoms with Gasteiger partial charge in [-0.2, -0.15) is 5.10 Å². The maximum atomic E-state index is 10.7. The number of hydrogen-bond donors (Lipinski definition) is 1. The summed E-state index contributed by atoms with van der Waals surface area (Å²) in [7, 11) is 0. The molecule has 0 aliphatic rings. The van der Waals surface area contributed by atoms with E-state index in [-0.39, 0.29) is 5.69 Å². The smallest absolute Gasteiger partial charge is 0.357 e. The highest BCUT2D eigenvalue weighted by Gasteiger charge is 2.12. The lowest BCUT2D eigenvalue weighted by atomic mass is 10.4. The number of nitrogens with zero attached hydrogens (tertiary/aromatic N) is 3. The number of rotatable bonds is 1. The van der Waals surface area contributed by atoms with Crippen LogP contribution >= 0.6 is 15.9 Å². The van der Waals surface area contributed by atoms with Crippen molar-refractivity contribution in [2.45, 2.75) is 0 Å². The number of aromatic nitrogens is 3. The van der Waals surface area contributed by atoms with Gasteiger partial charge in [0.2, 0.25) is 0 Å². The van der Waals surface area contributed by atoms with Crippen molar-refractivity contribution in [1.82, 2.24) is 14.6 Å². The molecule has 0 saturated heterocycles. The average molecular weight is 242 g/mol. The minimum absolute atomic E-state index is 0.0452. The van der Waals surface area contributed by atoms with Crippen LogP contribution in [0.15, 0.2) is 23.1 Å². The quantitative estimate of drug-likeness (QED) is 0.815. The van der Waals surface area contributed by atoms with Crippen molar-refractivity contribution in [1.29, 1.82) is 0 Å². The van der Waals surface area contributed by atoms with Crippen molar-refractivity contribution in [3.8, 4) is 0 Å². The van der Waals surface area contributed by atoms with Gasteiger partial charge in [0.05, 0.1) is 17.9 Å². The number of carboxylic acid groups (broad SMARTS) is 1. The Kier molecular flexibility index (Phi) is 1.77. The van der Waals surface area contributed by atoms with E-state index in [0.29, 0.717) is 4.60 Å². The van der Waals surface area contributed by atoms with Gasteiger partial charge in [-0.15, -0.1) is 0 Å². The van der Waals surface area contributed by atoms with Crippen LogP contribution in [0.25, 0.3) is 5.52 Å². The summed E-state index contributed by atoms with van der Waals surface area (Å²) in [5, 5.41) is 12.7. The van der Waals surface area contributed by atoms with Gasteiger partial charge in [0.25, 0.3) is 0 Å². The first-order valence-electron chi connectivity index (χ1n) is 3.41. The number of carbonyl (C=O) groups is 1. The van der Waals surface area contributed by atoms with Crippen LogP contribution in [-0.4, -0.2) is 25.7 Å². The maximum Gasteiger partial charge on any atom is 0.357 e. The van der Waals surface area contributed by atoms with Crippen LogP contribution in [0.1, 0.15) is 10.5 Å². The fourth-order valence-corrected chi connectivity index (χ4v) is 1.57. The van der Waals surface area contributed by atoms with Crippen molar-refractivity contribution in [2.75, 3.05) is 0 Å². The second kappa shape index (κ2) is 2.81. The molecular formula is C7H4BrN3O2. The lowest BCUT2D eigenvalue weighted by Gasteiger charge is -1.99. The third-order valence-electron chi connectivity index (χ3n) is 1.58. The average Bonchev–Trinajstić information content (AvgIpc) is 2.52. The molecule has 0 atom stereocenters.